The van der Waals surface area contributed by atoms with Crippen LogP contribution in [0.1, 0.15) is 42.5 Å². The van der Waals surface area contributed by atoms with Crippen LogP contribution in [-0.2, 0) is 11.3 Å². The predicted octanol–water partition coefficient (Wildman–Crippen LogP) is 5.93. The first-order valence-corrected chi connectivity index (χ1v) is 13.3. The number of nitrogens with zero attached hydrogens (tertiary/aromatic N) is 4. The van der Waals surface area contributed by atoms with Crippen molar-refractivity contribution in [3.63, 3.8) is 0 Å². The zero-order valence-corrected chi connectivity index (χ0v) is 23.0. The number of rotatable bonds is 12. The fraction of sp³-hybridized carbons (Fsp3) is 0.280. The highest BCUT2D eigenvalue weighted by atomic mass is 35.5. The number of nitro benzene ring substituents is 1. The molecule has 1 heterocycles. The first kappa shape index (κ1) is 29.2. The number of hydrogen-bond donors (Lipinski definition) is 2. The van der Waals surface area contributed by atoms with Crippen LogP contribution in [0.4, 0.5) is 11.4 Å². The maximum absolute atomic E-state index is 13.0. The first-order chi connectivity index (χ1) is 18.1. The van der Waals surface area contributed by atoms with Gasteiger partial charge in [-0.1, -0.05) is 67.0 Å². The molecule has 10 nitrogen and oxygen atoms in total. The summed E-state index contributed by atoms with van der Waals surface area (Å²) in [6.45, 7) is 8.21. The van der Waals surface area contributed by atoms with E-state index in [9.17, 15) is 19.7 Å². The van der Waals surface area contributed by atoms with E-state index in [0.717, 1.165) is 11.8 Å². The van der Waals surface area contributed by atoms with Crippen molar-refractivity contribution in [2.75, 3.05) is 11.1 Å². The van der Waals surface area contributed by atoms with Gasteiger partial charge in [0.2, 0.25) is 5.91 Å². The van der Waals surface area contributed by atoms with E-state index >= 15 is 0 Å². The number of non-ortho nitro benzene ring substituents is 1. The van der Waals surface area contributed by atoms with Crippen molar-refractivity contribution < 1.29 is 14.5 Å². The van der Waals surface area contributed by atoms with E-state index in [2.05, 4.69) is 27.4 Å². The maximum Gasteiger partial charge on any atom is 0.271 e. The van der Waals surface area contributed by atoms with Gasteiger partial charge in [0.1, 0.15) is 0 Å². The molecule has 3 aromatic rings. The lowest BCUT2D eigenvalue weighted by Gasteiger charge is -2.21. The average Bonchev–Trinajstić information content (AvgIpc) is 3.26. The number of benzene rings is 2. The van der Waals surface area contributed by atoms with Crippen molar-refractivity contribution in [1.82, 2.24) is 20.1 Å². The topological polar surface area (TPSA) is 132 Å². The van der Waals surface area contributed by atoms with Crippen molar-refractivity contribution in [1.29, 1.82) is 0 Å². The van der Waals surface area contributed by atoms with Gasteiger partial charge < -0.3 is 15.2 Å². The Hall–Kier alpha value is -3.41. The second-order valence-electron chi connectivity index (χ2n) is 8.63. The molecule has 200 valence electrons. The number of thioether (sulfide) groups is 1. The highest BCUT2D eigenvalue weighted by molar-refractivity contribution is 7.99. The van der Waals surface area contributed by atoms with E-state index in [-0.39, 0.29) is 34.0 Å². The fourth-order valence-electron chi connectivity index (χ4n) is 3.59. The van der Waals surface area contributed by atoms with Crippen LogP contribution in [0.15, 0.2) is 60.3 Å². The van der Waals surface area contributed by atoms with Crippen LogP contribution < -0.4 is 10.6 Å². The quantitative estimate of drug-likeness (QED) is 0.118. The molecule has 2 amide bonds. The van der Waals surface area contributed by atoms with Gasteiger partial charge in [-0.05, 0) is 30.5 Å². The van der Waals surface area contributed by atoms with Gasteiger partial charge in [0.25, 0.3) is 11.6 Å². The van der Waals surface area contributed by atoms with E-state index in [0.29, 0.717) is 34.5 Å². The normalized spacial score (nSPS) is 11.7. The van der Waals surface area contributed by atoms with Gasteiger partial charge in [-0.3, -0.25) is 19.7 Å². The van der Waals surface area contributed by atoms with E-state index in [1.165, 1.54) is 18.2 Å². The lowest BCUT2D eigenvalue weighted by Crippen LogP contribution is -2.32. The number of amides is 2. The molecule has 0 aliphatic carbocycles. The Morgan fingerprint density at radius 2 is 1.92 bits per heavy atom. The molecule has 3 rings (SSSR count). The standard InChI is InChI=1S/C25H26Cl2N6O4S/c1-4-11-32-23(21(12-15(2)3)29-24(35)17-7-5-6-8-18(17)26)30-31-25(32)38-14-22(34)28-20-13-16(33(36)37)9-10-19(20)27/h4-10,13,15,21H,1,11-12,14H2,2-3H3,(H,28,34)(H,29,35)/t21-/m0/s1. The average molecular weight is 577 g/mol. The van der Waals surface area contributed by atoms with Gasteiger partial charge in [0.05, 0.1) is 38.0 Å². The monoisotopic (exact) mass is 576 g/mol. The summed E-state index contributed by atoms with van der Waals surface area (Å²) >= 11 is 13.4. The summed E-state index contributed by atoms with van der Waals surface area (Å²) < 4.78 is 1.78. The second kappa shape index (κ2) is 13.4. The van der Waals surface area contributed by atoms with E-state index in [1.807, 2.05) is 13.8 Å². The van der Waals surface area contributed by atoms with Crippen LogP contribution in [0.3, 0.4) is 0 Å². The number of carbonyl (C=O) groups excluding carboxylic acids is 2. The molecule has 0 spiro atoms. The van der Waals surface area contributed by atoms with Crippen LogP contribution in [0.2, 0.25) is 10.0 Å². The number of nitro groups is 1. The molecule has 38 heavy (non-hydrogen) atoms. The van der Waals surface area contributed by atoms with Crippen molar-refractivity contribution in [3.05, 3.63) is 86.7 Å². The Morgan fingerprint density at radius 1 is 1.18 bits per heavy atom. The molecule has 0 radical (unpaired) electrons. The highest BCUT2D eigenvalue weighted by Gasteiger charge is 2.25. The van der Waals surface area contributed by atoms with Gasteiger partial charge >= 0.3 is 0 Å². The molecule has 1 atom stereocenters. The molecule has 0 bridgehead atoms. The number of allylic oxidation sites excluding steroid dienone is 1. The molecular weight excluding hydrogens is 551 g/mol. The van der Waals surface area contributed by atoms with Crippen molar-refractivity contribution in [3.8, 4) is 0 Å². The minimum Gasteiger partial charge on any atom is -0.342 e. The molecule has 0 saturated carbocycles. The van der Waals surface area contributed by atoms with Gasteiger partial charge in [-0.2, -0.15) is 0 Å². The Labute approximate surface area is 234 Å². The predicted molar refractivity (Wildman–Crippen MR) is 149 cm³/mol. The number of anilines is 1. The van der Waals surface area contributed by atoms with Crippen LogP contribution in [0.25, 0.3) is 0 Å². The molecule has 0 unspecified atom stereocenters. The summed E-state index contributed by atoms with van der Waals surface area (Å²) in [5, 5.41) is 26.2. The van der Waals surface area contributed by atoms with E-state index in [4.69, 9.17) is 23.2 Å². The number of hydrogen-bond acceptors (Lipinski definition) is 7. The van der Waals surface area contributed by atoms with E-state index < -0.39 is 16.9 Å². The summed E-state index contributed by atoms with van der Waals surface area (Å²) in [6.07, 6.45) is 2.25. The largest absolute Gasteiger partial charge is 0.342 e. The number of halogens is 2. The lowest BCUT2D eigenvalue weighted by molar-refractivity contribution is -0.384. The third-order valence-corrected chi connectivity index (χ3v) is 6.89. The van der Waals surface area contributed by atoms with Crippen LogP contribution in [0.5, 0.6) is 0 Å². The van der Waals surface area contributed by atoms with Crippen LogP contribution in [0, 0.1) is 16.0 Å². The van der Waals surface area contributed by atoms with Crippen molar-refractivity contribution in [2.45, 2.75) is 38.0 Å². The number of aromatic nitrogens is 3. The second-order valence-corrected chi connectivity index (χ2v) is 10.4. The molecule has 0 aliphatic rings. The summed E-state index contributed by atoms with van der Waals surface area (Å²) in [5.41, 5.74) is 0.297. The summed E-state index contributed by atoms with van der Waals surface area (Å²) in [4.78, 5) is 36.1. The lowest BCUT2D eigenvalue weighted by atomic mass is 10.0. The minimum absolute atomic E-state index is 0.0604. The highest BCUT2D eigenvalue weighted by Crippen LogP contribution is 2.29. The Kier molecular flexibility index (Phi) is 10.3. The first-order valence-electron chi connectivity index (χ1n) is 11.6. The van der Waals surface area contributed by atoms with Crippen LogP contribution in [-0.4, -0.2) is 37.3 Å². The molecule has 0 saturated heterocycles. The summed E-state index contributed by atoms with van der Waals surface area (Å²) in [5.74, 6) is -0.0879. The van der Waals surface area contributed by atoms with Gasteiger partial charge in [0.15, 0.2) is 11.0 Å². The molecule has 1 aromatic heterocycles. The van der Waals surface area contributed by atoms with Gasteiger partial charge in [0, 0.05) is 18.7 Å². The zero-order valence-electron chi connectivity index (χ0n) is 20.7. The third-order valence-electron chi connectivity index (χ3n) is 5.27. The zero-order chi connectivity index (χ0) is 27.8. The summed E-state index contributed by atoms with van der Waals surface area (Å²) in [7, 11) is 0. The Bertz CT molecular complexity index is 1350. The van der Waals surface area contributed by atoms with Crippen molar-refractivity contribution >= 4 is 58.2 Å². The van der Waals surface area contributed by atoms with E-state index in [1.54, 1.807) is 34.9 Å². The Balaban J connectivity index is 1.79. The molecule has 2 aromatic carbocycles. The smallest absolute Gasteiger partial charge is 0.271 e. The maximum atomic E-state index is 13.0. The molecule has 0 aliphatic heterocycles. The molecule has 0 fully saturated rings. The Morgan fingerprint density at radius 3 is 2.58 bits per heavy atom. The molecule has 13 heteroatoms. The SMILES string of the molecule is C=CCn1c(SCC(=O)Nc2cc([N+](=O)[O-])ccc2Cl)nnc1[C@H](CC(C)C)NC(=O)c1ccccc1Cl. The molecular formula is C25H26Cl2N6O4S. The van der Waals surface area contributed by atoms with Crippen molar-refractivity contribution in [2.24, 2.45) is 5.92 Å². The van der Waals surface area contributed by atoms with Gasteiger partial charge in [-0.15, -0.1) is 16.8 Å². The number of carbonyl (C=O) groups is 2. The molecule has 2 N–H and O–H groups in total. The third kappa shape index (κ3) is 7.56. The fourth-order valence-corrected chi connectivity index (χ4v) is 4.73. The number of nitrogens with one attached hydrogen (secondary N) is 2. The minimum atomic E-state index is -0.571. The van der Waals surface area contributed by atoms with Gasteiger partial charge in [-0.25, -0.2) is 0 Å². The van der Waals surface area contributed by atoms with Crippen LogP contribution >= 0.6 is 35.0 Å². The summed E-state index contributed by atoms with van der Waals surface area (Å²) in [6, 6.07) is 10.1.